The lowest BCUT2D eigenvalue weighted by atomic mass is 10.1. The smallest absolute Gasteiger partial charge is 0.274 e. The second kappa shape index (κ2) is 8.35. The standard InChI is InChI=1S/C22H22N4O2/c1-14-4-5-19(12-15(14)2)26-22(28)21-11-10-20(13-23-21)25-18-8-6-17(7-9-18)24-16(3)27/h4-13,25H,1-3H3,(H,24,27)(H,26,28). The first-order chi connectivity index (χ1) is 13.4. The van der Waals surface area contributed by atoms with E-state index in [1.54, 1.807) is 18.3 Å². The second-order valence-corrected chi connectivity index (χ2v) is 6.57. The van der Waals surface area contributed by atoms with E-state index in [0.29, 0.717) is 5.69 Å². The number of aryl methyl sites for hydroxylation is 2. The topological polar surface area (TPSA) is 83.1 Å². The van der Waals surface area contributed by atoms with Crippen LogP contribution in [0.4, 0.5) is 22.7 Å². The van der Waals surface area contributed by atoms with E-state index in [9.17, 15) is 9.59 Å². The molecule has 6 nitrogen and oxygen atoms in total. The lowest BCUT2D eigenvalue weighted by Crippen LogP contribution is -2.13. The Balaban J connectivity index is 1.63. The number of aromatic nitrogens is 1. The highest BCUT2D eigenvalue weighted by atomic mass is 16.2. The van der Waals surface area contributed by atoms with Crippen molar-refractivity contribution >= 4 is 34.6 Å². The number of rotatable bonds is 5. The number of hydrogen-bond donors (Lipinski definition) is 3. The second-order valence-electron chi connectivity index (χ2n) is 6.57. The number of pyridine rings is 1. The van der Waals surface area contributed by atoms with Gasteiger partial charge in [0.15, 0.2) is 0 Å². The Labute approximate surface area is 164 Å². The van der Waals surface area contributed by atoms with Crippen LogP contribution in [0.25, 0.3) is 0 Å². The Bertz CT molecular complexity index is 996. The molecule has 0 saturated carbocycles. The van der Waals surface area contributed by atoms with Gasteiger partial charge in [-0.05, 0) is 73.5 Å². The van der Waals surface area contributed by atoms with Crippen molar-refractivity contribution in [3.8, 4) is 0 Å². The van der Waals surface area contributed by atoms with Crippen LogP contribution in [0.15, 0.2) is 60.8 Å². The lowest BCUT2D eigenvalue weighted by Gasteiger charge is -2.09. The molecule has 3 rings (SSSR count). The molecule has 28 heavy (non-hydrogen) atoms. The number of hydrogen-bond acceptors (Lipinski definition) is 4. The summed E-state index contributed by atoms with van der Waals surface area (Å²) in [6.45, 7) is 5.50. The molecule has 0 aliphatic carbocycles. The van der Waals surface area contributed by atoms with Gasteiger partial charge in [0.2, 0.25) is 5.91 Å². The predicted molar refractivity (Wildman–Crippen MR) is 112 cm³/mol. The third-order valence-electron chi connectivity index (χ3n) is 4.25. The molecule has 142 valence electrons. The molecule has 1 heterocycles. The summed E-state index contributed by atoms with van der Waals surface area (Å²) < 4.78 is 0. The van der Waals surface area contributed by atoms with Crippen LogP contribution in [-0.2, 0) is 4.79 Å². The summed E-state index contributed by atoms with van der Waals surface area (Å²) in [6, 6.07) is 16.6. The van der Waals surface area contributed by atoms with E-state index in [1.807, 2.05) is 56.3 Å². The van der Waals surface area contributed by atoms with Crippen LogP contribution in [0.2, 0.25) is 0 Å². The molecule has 3 aromatic rings. The van der Waals surface area contributed by atoms with E-state index < -0.39 is 0 Å². The molecule has 1 aromatic heterocycles. The van der Waals surface area contributed by atoms with Crippen LogP contribution < -0.4 is 16.0 Å². The average Bonchev–Trinajstić information content (AvgIpc) is 2.66. The summed E-state index contributed by atoms with van der Waals surface area (Å²) in [5.41, 5.74) is 5.72. The Morgan fingerprint density at radius 3 is 2.00 bits per heavy atom. The van der Waals surface area contributed by atoms with Gasteiger partial charge in [0.1, 0.15) is 5.69 Å². The Morgan fingerprint density at radius 1 is 0.750 bits per heavy atom. The van der Waals surface area contributed by atoms with E-state index in [1.165, 1.54) is 12.5 Å². The maximum atomic E-state index is 12.4. The molecule has 0 bridgehead atoms. The largest absolute Gasteiger partial charge is 0.354 e. The fourth-order valence-corrected chi connectivity index (χ4v) is 2.62. The number of nitrogens with zero attached hydrogens (tertiary/aromatic N) is 1. The van der Waals surface area contributed by atoms with Gasteiger partial charge in [0.05, 0.1) is 11.9 Å². The van der Waals surface area contributed by atoms with Crippen LogP contribution in [0.5, 0.6) is 0 Å². The zero-order chi connectivity index (χ0) is 20.1. The van der Waals surface area contributed by atoms with Gasteiger partial charge in [-0.2, -0.15) is 0 Å². The SMILES string of the molecule is CC(=O)Nc1ccc(Nc2ccc(C(=O)Nc3ccc(C)c(C)c3)nc2)cc1. The number of benzene rings is 2. The summed E-state index contributed by atoms with van der Waals surface area (Å²) in [4.78, 5) is 27.7. The van der Waals surface area contributed by atoms with Gasteiger partial charge in [0, 0.05) is 24.0 Å². The molecule has 0 aliphatic rings. The number of carbonyl (C=O) groups is 2. The zero-order valence-corrected chi connectivity index (χ0v) is 16.0. The van der Waals surface area contributed by atoms with Crippen molar-refractivity contribution in [2.45, 2.75) is 20.8 Å². The third kappa shape index (κ3) is 4.94. The molecule has 0 fully saturated rings. The molecule has 0 unspecified atom stereocenters. The molecule has 3 N–H and O–H groups in total. The maximum Gasteiger partial charge on any atom is 0.274 e. The van der Waals surface area contributed by atoms with Crippen molar-refractivity contribution in [2.75, 3.05) is 16.0 Å². The molecule has 2 aromatic carbocycles. The highest BCUT2D eigenvalue weighted by Gasteiger charge is 2.08. The van der Waals surface area contributed by atoms with Gasteiger partial charge >= 0.3 is 0 Å². The maximum absolute atomic E-state index is 12.4. The van der Waals surface area contributed by atoms with E-state index in [-0.39, 0.29) is 11.8 Å². The normalized spacial score (nSPS) is 10.2. The van der Waals surface area contributed by atoms with Crippen LogP contribution in [0.3, 0.4) is 0 Å². The molecular weight excluding hydrogens is 352 g/mol. The molecule has 0 spiro atoms. The Morgan fingerprint density at radius 2 is 1.39 bits per heavy atom. The van der Waals surface area contributed by atoms with E-state index >= 15 is 0 Å². The first-order valence-electron chi connectivity index (χ1n) is 8.90. The average molecular weight is 374 g/mol. The predicted octanol–water partition coefficient (Wildman–Crippen LogP) is 4.65. The van der Waals surface area contributed by atoms with E-state index in [2.05, 4.69) is 20.9 Å². The molecular formula is C22H22N4O2. The highest BCUT2D eigenvalue weighted by molar-refractivity contribution is 6.03. The van der Waals surface area contributed by atoms with Crippen molar-refractivity contribution in [2.24, 2.45) is 0 Å². The summed E-state index contributed by atoms with van der Waals surface area (Å²) in [7, 11) is 0. The molecule has 0 saturated heterocycles. The fraction of sp³-hybridized carbons (Fsp3) is 0.136. The summed E-state index contributed by atoms with van der Waals surface area (Å²) >= 11 is 0. The number of nitrogens with one attached hydrogen (secondary N) is 3. The van der Waals surface area contributed by atoms with Crippen LogP contribution >= 0.6 is 0 Å². The lowest BCUT2D eigenvalue weighted by molar-refractivity contribution is -0.114. The van der Waals surface area contributed by atoms with Gasteiger partial charge in [-0.1, -0.05) is 6.07 Å². The molecule has 0 atom stereocenters. The fourth-order valence-electron chi connectivity index (χ4n) is 2.62. The monoisotopic (exact) mass is 374 g/mol. The first kappa shape index (κ1) is 19.1. The van der Waals surface area contributed by atoms with E-state index in [0.717, 1.165) is 28.3 Å². The Kier molecular flexibility index (Phi) is 5.69. The van der Waals surface area contributed by atoms with Gasteiger partial charge in [-0.25, -0.2) is 4.98 Å². The van der Waals surface area contributed by atoms with Gasteiger partial charge in [0.25, 0.3) is 5.91 Å². The van der Waals surface area contributed by atoms with Crippen LogP contribution in [0.1, 0.15) is 28.5 Å². The molecule has 6 heteroatoms. The molecule has 2 amide bonds. The minimum Gasteiger partial charge on any atom is -0.354 e. The number of anilines is 4. The summed E-state index contributed by atoms with van der Waals surface area (Å²) in [5.74, 6) is -0.367. The Hall–Kier alpha value is -3.67. The molecule has 0 aliphatic heterocycles. The first-order valence-corrected chi connectivity index (χ1v) is 8.90. The number of carbonyl (C=O) groups excluding carboxylic acids is 2. The minimum absolute atomic E-state index is 0.112. The van der Waals surface area contributed by atoms with Crippen molar-refractivity contribution < 1.29 is 9.59 Å². The number of amides is 2. The summed E-state index contributed by atoms with van der Waals surface area (Å²) in [6.07, 6.45) is 1.61. The van der Waals surface area contributed by atoms with Crippen molar-refractivity contribution in [3.63, 3.8) is 0 Å². The van der Waals surface area contributed by atoms with E-state index in [4.69, 9.17) is 0 Å². The van der Waals surface area contributed by atoms with Crippen molar-refractivity contribution in [1.82, 2.24) is 4.98 Å². The van der Waals surface area contributed by atoms with Crippen molar-refractivity contribution in [3.05, 3.63) is 77.6 Å². The van der Waals surface area contributed by atoms with Gasteiger partial charge in [-0.15, -0.1) is 0 Å². The minimum atomic E-state index is -0.255. The highest BCUT2D eigenvalue weighted by Crippen LogP contribution is 2.19. The van der Waals surface area contributed by atoms with Gasteiger partial charge in [-0.3, -0.25) is 9.59 Å². The van der Waals surface area contributed by atoms with Crippen LogP contribution in [0, 0.1) is 13.8 Å². The quantitative estimate of drug-likeness (QED) is 0.607. The summed E-state index contributed by atoms with van der Waals surface area (Å²) in [5, 5.41) is 8.79. The van der Waals surface area contributed by atoms with Crippen LogP contribution in [-0.4, -0.2) is 16.8 Å². The third-order valence-corrected chi connectivity index (χ3v) is 4.25. The molecule has 0 radical (unpaired) electrons. The van der Waals surface area contributed by atoms with Crippen molar-refractivity contribution in [1.29, 1.82) is 0 Å². The van der Waals surface area contributed by atoms with Gasteiger partial charge < -0.3 is 16.0 Å². The zero-order valence-electron chi connectivity index (χ0n) is 16.0.